The summed E-state index contributed by atoms with van der Waals surface area (Å²) in [4.78, 5) is 20.1. The van der Waals surface area contributed by atoms with Gasteiger partial charge in [0.15, 0.2) is 9.84 Å². The highest BCUT2D eigenvalue weighted by molar-refractivity contribution is 7.97. The molecule has 0 fully saturated rings. The van der Waals surface area contributed by atoms with Crippen LogP contribution in [0.1, 0.15) is 0 Å². The highest BCUT2D eigenvalue weighted by atomic mass is 32.2. The minimum Gasteiger partial charge on any atom is -0.289 e. The summed E-state index contributed by atoms with van der Waals surface area (Å²) in [7, 11) is -3.13. The van der Waals surface area contributed by atoms with E-state index >= 15 is 0 Å². The lowest BCUT2D eigenvalue weighted by molar-refractivity contribution is -0.123. The molecule has 0 aromatic heterocycles. The van der Waals surface area contributed by atoms with E-state index in [1.54, 1.807) is 0 Å². The van der Waals surface area contributed by atoms with E-state index in [1.165, 1.54) is 12.2 Å². The van der Waals surface area contributed by atoms with Crippen LogP contribution in [-0.2, 0) is 19.4 Å². The summed E-state index contributed by atoms with van der Waals surface area (Å²) < 4.78 is 20.3. The highest BCUT2D eigenvalue weighted by Crippen LogP contribution is 1.87. The van der Waals surface area contributed by atoms with Gasteiger partial charge in [0, 0.05) is 23.0 Å². The topological polar surface area (TPSA) is 80.3 Å². The van der Waals surface area contributed by atoms with E-state index in [4.69, 9.17) is 0 Å². The maximum Gasteiger partial charge on any atom is 0.250 e. The maximum absolute atomic E-state index is 10.1. The third-order valence-electron chi connectivity index (χ3n) is 1.10. The summed E-state index contributed by atoms with van der Waals surface area (Å²) in [6.45, 7) is 6.09. The molecule has 0 spiro atoms. The lowest BCUT2D eigenvalue weighted by atomic mass is 10.6. The van der Waals surface area contributed by atoms with Gasteiger partial charge in [-0.3, -0.25) is 14.9 Å². The number of sulfone groups is 1. The van der Waals surface area contributed by atoms with Crippen molar-refractivity contribution in [1.82, 2.24) is 5.32 Å². The van der Waals surface area contributed by atoms with Crippen molar-refractivity contribution >= 4 is 21.7 Å². The predicted molar refractivity (Wildman–Crippen MR) is 51.6 cm³/mol. The second-order valence-electron chi connectivity index (χ2n) is 2.11. The second kappa shape index (κ2) is 5.13. The van der Waals surface area contributed by atoms with Crippen molar-refractivity contribution in [2.45, 2.75) is 0 Å². The second-order valence-corrected chi connectivity index (χ2v) is 3.95. The van der Waals surface area contributed by atoms with Crippen LogP contribution in [0.15, 0.2) is 36.1 Å². The zero-order valence-electron chi connectivity index (χ0n) is 7.26. The molecule has 0 unspecified atom stereocenters. The summed E-state index contributed by atoms with van der Waals surface area (Å²) in [5, 5.41) is 3.72. The van der Waals surface area contributed by atoms with Crippen molar-refractivity contribution in [1.29, 1.82) is 0 Å². The van der Waals surface area contributed by atoms with Gasteiger partial charge in [0.2, 0.25) is 0 Å². The van der Waals surface area contributed by atoms with Crippen molar-refractivity contribution in [3.05, 3.63) is 36.1 Å². The molecule has 0 saturated carbocycles. The number of hydrogen-bond donors (Lipinski definition) is 1. The third kappa shape index (κ3) is 5.04. The normalized spacial score (nSPS) is 14.0. The Balaban J connectivity index is 0.000000241. The van der Waals surface area contributed by atoms with Crippen LogP contribution < -0.4 is 5.32 Å². The fourth-order valence-electron chi connectivity index (χ4n) is 0.424. The van der Waals surface area contributed by atoms with Gasteiger partial charge < -0.3 is 0 Å². The van der Waals surface area contributed by atoms with E-state index in [-0.39, 0.29) is 11.8 Å². The fourth-order valence-corrected chi connectivity index (χ4v) is 0.560. The molecule has 1 heterocycles. The van der Waals surface area contributed by atoms with Crippen LogP contribution in [0.25, 0.3) is 0 Å². The molecular weight excluding hydrogens is 206 g/mol. The van der Waals surface area contributed by atoms with Gasteiger partial charge in [-0.2, -0.15) is 0 Å². The zero-order valence-corrected chi connectivity index (χ0v) is 8.08. The van der Waals surface area contributed by atoms with E-state index in [0.29, 0.717) is 0 Å². The average Bonchev–Trinajstić information content (AvgIpc) is 2.51. The highest BCUT2D eigenvalue weighted by Gasteiger charge is 2.06. The van der Waals surface area contributed by atoms with Gasteiger partial charge in [-0.1, -0.05) is 13.2 Å². The van der Waals surface area contributed by atoms with Gasteiger partial charge in [-0.15, -0.1) is 0 Å². The molecule has 1 aliphatic rings. The number of nitrogens with one attached hydrogen (secondary N) is 1. The maximum atomic E-state index is 10.1. The molecular formula is C8H9NO4S. The Kier molecular flexibility index (Phi) is 4.51. The Hall–Kier alpha value is -1.69. The van der Waals surface area contributed by atoms with Crippen molar-refractivity contribution in [3.63, 3.8) is 0 Å². The van der Waals surface area contributed by atoms with Crippen LogP contribution >= 0.6 is 0 Å². The van der Waals surface area contributed by atoms with Gasteiger partial charge in [-0.25, -0.2) is 8.42 Å². The van der Waals surface area contributed by atoms with Crippen LogP contribution in [0.4, 0.5) is 0 Å². The standard InChI is InChI=1S/C4H3NO2.C4H6O2S/c6-3-1-2-4(7)5-3;1-3-7(5,6)4-2/h1-2H,(H,5,6,7);3-4H,1-2H2. The number of carbonyl (C=O) groups excluding carboxylic acids is 2. The van der Waals surface area contributed by atoms with Crippen LogP contribution in [0.3, 0.4) is 0 Å². The predicted octanol–water partition coefficient (Wildman–Crippen LogP) is -0.113. The molecule has 5 nitrogen and oxygen atoms in total. The third-order valence-corrected chi connectivity index (χ3v) is 2.03. The average molecular weight is 215 g/mol. The first-order valence-electron chi connectivity index (χ1n) is 3.44. The molecule has 6 heteroatoms. The molecule has 0 aliphatic carbocycles. The van der Waals surface area contributed by atoms with Crippen molar-refractivity contribution < 1.29 is 18.0 Å². The molecule has 0 aromatic carbocycles. The van der Waals surface area contributed by atoms with Crippen LogP contribution in [-0.4, -0.2) is 20.2 Å². The minimum absolute atomic E-state index is 0.329. The Bertz CT molecular complexity index is 362. The van der Waals surface area contributed by atoms with E-state index in [1.807, 2.05) is 5.32 Å². The number of carbonyl (C=O) groups is 2. The lowest BCUT2D eigenvalue weighted by Gasteiger charge is -1.80. The first-order valence-corrected chi connectivity index (χ1v) is 5.05. The van der Waals surface area contributed by atoms with Gasteiger partial charge >= 0.3 is 0 Å². The fraction of sp³-hybridized carbons (Fsp3) is 0. The minimum atomic E-state index is -3.13. The zero-order chi connectivity index (χ0) is 11.2. The summed E-state index contributed by atoms with van der Waals surface area (Å²) in [5.41, 5.74) is 0. The lowest BCUT2D eigenvalue weighted by Crippen LogP contribution is -2.19. The molecule has 1 N–H and O–H groups in total. The summed E-state index contributed by atoms with van der Waals surface area (Å²) >= 11 is 0. The quantitative estimate of drug-likeness (QED) is 0.651. The molecule has 0 atom stereocenters. The number of rotatable bonds is 2. The SMILES string of the molecule is C=CS(=O)(=O)C=C.O=C1C=CC(=O)N1. The Morgan fingerprint density at radius 1 is 1.07 bits per heavy atom. The molecule has 0 radical (unpaired) electrons. The van der Waals surface area contributed by atoms with E-state index in [2.05, 4.69) is 13.2 Å². The molecule has 2 amide bonds. The molecule has 0 aromatic rings. The van der Waals surface area contributed by atoms with Crippen molar-refractivity contribution in [2.24, 2.45) is 0 Å². The van der Waals surface area contributed by atoms with Crippen LogP contribution in [0.5, 0.6) is 0 Å². The van der Waals surface area contributed by atoms with Crippen molar-refractivity contribution in [2.75, 3.05) is 0 Å². The molecule has 76 valence electrons. The van der Waals surface area contributed by atoms with Gasteiger partial charge in [0.05, 0.1) is 0 Å². The molecule has 0 bridgehead atoms. The van der Waals surface area contributed by atoms with E-state index in [9.17, 15) is 18.0 Å². The Morgan fingerprint density at radius 2 is 1.43 bits per heavy atom. The monoisotopic (exact) mass is 215 g/mol. The summed E-state index contributed by atoms with van der Waals surface area (Å²) in [6, 6.07) is 0. The van der Waals surface area contributed by atoms with Crippen LogP contribution in [0, 0.1) is 0 Å². The summed E-state index contributed by atoms with van der Waals surface area (Å²) in [5.74, 6) is -0.657. The molecule has 1 aliphatic heterocycles. The smallest absolute Gasteiger partial charge is 0.250 e. The number of hydrogen-bond acceptors (Lipinski definition) is 4. The Morgan fingerprint density at radius 3 is 1.50 bits per heavy atom. The van der Waals surface area contributed by atoms with E-state index in [0.717, 1.165) is 10.8 Å². The van der Waals surface area contributed by atoms with Gasteiger partial charge in [-0.05, 0) is 0 Å². The number of amides is 2. The Labute approximate surface area is 81.7 Å². The first kappa shape index (κ1) is 12.3. The van der Waals surface area contributed by atoms with Gasteiger partial charge in [0.1, 0.15) is 0 Å². The molecule has 14 heavy (non-hydrogen) atoms. The van der Waals surface area contributed by atoms with Crippen molar-refractivity contribution in [3.8, 4) is 0 Å². The molecule has 1 rings (SSSR count). The molecule has 0 saturated heterocycles. The summed E-state index contributed by atoms with van der Waals surface area (Å²) in [6.07, 6.45) is 2.39. The van der Waals surface area contributed by atoms with Gasteiger partial charge in [0.25, 0.3) is 11.8 Å². The van der Waals surface area contributed by atoms with Crippen LogP contribution in [0.2, 0.25) is 0 Å². The largest absolute Gasteiger partial charge is 0.289 e. The first-order chi connectivity index (χ1) is 6.41. The van der Waals surface area contributed by atoms with E-state index < -0.39 is 9.84 Å². The number of imide groups is 1.